The van der Waals surface area contributed by atoms with Crippen LogP contribution in [0.3, 0.4) is 0 Å². The Hall–Kier alpha value is -2.66. The summed E-state index contributed by atoms with van der Waals surface area (Å²) in [6.45, 7) is 11.5. The van der Waals surface area contributed by atoms with Gasteiger partial charge in [0.1, 0.15) is 18.0 Å². The van der Waals surface area contributed by atoms with E-state index in [-0.39, 0.29) is 12.1 Å². The first-order valence-electron chi connectivity index (χ1n) is 10.9. The molecule has 1 fully saturated rings. The molecule has 0 unspecified atom stereocenters. The Labute approximate surface area is 193 Å². The Morgan fingerprint density at radius 1 is 1.24 bits per heavy atom. The normalized spacial score (nSPS) is 18.5. The molecule has 0 radical (unpaired) electrons. The highest BCUT2D eigenvalue weighted by Crippen LogP contribution is 2.39. The van der Waals surface area contributed by atoms with Crippen molar-refractivity contribution in [3.05, 3.63) is 40.0 Å². The van der Waals surface area contributed by atoms with Crippen LogP contribution in [0, 0.1) is 19.7 Å². The van der Waals surface area contributed by atoms with Crippen molar-refractivity contribution >= 4 is 21.8 Å². The Bertz CT molecular complexity index is 1230. The SMILES string of the molecule is Cc1nn(C(C)(C)C)c(C)c1CCN1CCc2cc(O)c(N3CC(=O)NS3(=O)=O)c(F)c2C1. The molecule has 33 heavy (non-hydrogen) atoms. The molecule has 3 heterocycles. The van der Waals surface area contributed by atoms with Crippen molar-refractivity contribution in [1.82, 2.24) is 19.4 Å². The van der Waals surface area contributed by atoms with E-state index in [1.165, 1.54) is 11.6 Å². The Kier molecular flexibility index (Phi) is 5.68. The number of phenols is 1. The number of hydrogen-bond acceptors (Lipinski definition) is 6. The van der Waals surface area contributed by atoms with E-state index in [2.05, 4.69) is 32.6 Å². The molecule has 9 nitrogen and oxygen atoms in total. The maximum absolute atomic E-state index is 15.5. The predicted molar refractivity (Wildman–Crippen MR) is 122 cm³/mol. The molecule has 0 atom stereocenters. The van der Waals surface area contributed by atoms with Gasteiger partial charge in [-0.05, 0) is 64.7 Å². The molecular weight excluding hydrogens is 449 g/mol. The summed E-state index contributed by atoms with van der Waals surface area (Å²) in [5.74, 6) is -2.06. The number of amides is 1. The zero-order chi connectivity index (χ0) is 24.3. The van der Waals surface area contributed by atoms with Crippen molar-refractivity contribution in [3.8, 4) is 5.75 Å². The van der Waals surface area contributed by atoms with Gasteiger partial charge < -0.3 is 5.11 Å². The third kappa shape index (κ3) is 4.19. The monoisotopic (exact) mass is 479 g/mol. The first-order chi connectivity index (χ1) is 15.3. The van der Waals surface area contributed by atoms with Crippen LogP contribution in [0.2, 0.25) is 0 Å². The summed E-state index contributed by atoms with van der Waals surface area (Å²) in [7, 11) is -4.23. The summed E-state index contributed by atoms with van der Waals surface area (Å²) in [5.41, 5.74) is 3.67. The van der Waals surface area contributed by atoms with Crippen molar-refractivity contribution in [2.75, 3.05) is 23.9 Å². The fourth-order valence-electron chi connectivity index (χ4n) is 4.73. The van der Waals surface area contributed by atoms with Gasteiger partial charge in [0.05, 0.1) is 11.2 Å². The molecule has 0 aliphatic carbocycles. The van der Waals surface area contributed by atoms with Gasteiger partial charge in [0, 0.05) is 30.9 Å². The first-order valence-corrected chi connectivity index (χ1v) is 12.4. The fraction of sp³-hybridized carbons (Fsp3) is 0.545. The van der Waals surface area contributed by atoms with Crippen molar-refractivity contribution in [1.29, 1.82) is 0 Å². The van der Waals surface area contributed by atoms with Gasteiger partial charge in [-0.2, -0.15) is 13.5 Å². The highest BCUT2D eigenvalue weighted by atomic mass is 32.2. The second kappa shape index (κ2) is 7.98. The predicted octanol–water partition coefficient (Wildman–Crippen LogP) is 1.88. The van der Waals surface area contributed by atoms with E-state index in [0.717, 1.165) is 17.8 Å². The van der Waals surface area contributed by atoms with Gasteiger partial charge in [-0.25, -0.2) is 13.4 Å². The minimum atomic E-state index is -4.23. The van der Waals surface area contributed by atoms with Crippen molar-refractivity contribution < 1.29 is 22.7 Å². The Morgan fingerprint density at radius 2 is 1.94 bits per heavy atom. The molecule has 1 aromatic carbocycles. The third-order valence-electron chi connectivity index (χ3n) is 6.32. The van der Waals surface area contributed by atoms with E-state index in [1.54, 1.807) is 0 Å². The topological polar surface area (TPSA) is 108 Å². The fourth-order valence-corrected chi connectivity index (χ4v) is 5.89. The van der Waals surface area contributed by atoms with Crippen molar-refractivity contribution in [3.63, 3.8) is 0 Å². The van der Waals surface area contributed by atoms with Gasteiger partial charge in [-0.1, -0.05) is 0 Å². The van der Waals surface area contributed by atoms with Gasteiger partial charge in [0.2, 0.25) is 0 Å². The number of aromatic nitrogens is 2. The molecule has 1 aromatic heterocycles. The maximum Gasteiger partial charge on any atom is 0.326 e. The van der Waals surface area contributed by atoms with Crippen LogP contribution in [0.4, 0.5) is 10.1 Å². The lowest BCUT2D eigenvalue weighted by atomic mass is 9.97. The molecule has 2 aromatic rings. The van der Waals surface area contributed by atoms with Gasteiger partial charge in [0.15, 0.2) is 5.82 Å². The van der Waals surface area contributed by atoms with Crippen LogP contribution in [0.1, 0.15) is 48.8 Å². The molecule has 11 heteroatoms. The van der Waals surface area contributed by atoms with Crippen LogP contribution >= 0.6 is 0 Å². The molecule has 180 valence electrons. The average Bonchev–Trinajstić information content (AvgIpc) is 3.14. The largest absolute Gasteiger partial charge is 0.506 e. The number of aryl methyl sites for hydroxylation is 1. The number of rotatable bonds is 4. The second-order valence-electron chi connectivity index (χ2n) is 9.74. The Balaban J connectivity index is 1.57. The van der Waals surface area contributed by atoms with Crippen LogP contribution in [-0.2, 0) is 39.9 Å². The summed E-state index contributed by atoms with van der Waals surface area (Å²) in [6.07, 6.45) is 1.29. The number of nitrogens with zero attached hydrogens (tertiary/aromatic N) is 4. The molecule has 4 rings (SSSR count). The number of aromatic hydroxyl groups is 1. The smallest absolute Gasteiger partial charge is 0.326 e. The lowest BCUT2D eigenvalue weighted by Crippen LogP contribution is -2.34. The number of fused-ring (bicyclic) bond motifs is 1. The van der Waals surface area contributed by atoms with E-state index in [4.69, 9.17) is 5.10 Å². The number of carbonyl (C=O) groups is 1. The molecule has 1 saturated heterocycles. The molecule has 0 spiro atoms. The van der Waals surface area contributed by atoms with Gasteiger partial charge in [-0.3, -0.25) is 14.4 Å². The maximum atomic E-state index is 15.5. The molecule has 2 aliphatic heterocycles. The summed E-state index contributed by atoms with van der Waals surface area (Å²) in [4.78, 5) is 13.7. The molecular formula is C22H30FN5O4S. The molecule has 2 N–H and O–H groups in total. The van der Waals surface area contributed by atoms with E-state index >= 15 is 4.39 Å². The van der Waals surface area contributed by atoms with Crippen LogP contribution in [-0.4, -0.2) is 53.7 Å². The summed E-state index contributed by atoms with van der Waals surface area (Å²) < 4.78 is 44.3. The lowest BCUT2D eigenvalue weighted by molar-refractivity contribution is -0.117. The van der Waals surface area contributed by atoms with E-state index in [0.29, 0.717) is 34.9 Å². The minimum Gasteiger partial charge on any atom is -0.506 e. The summed E-state index contributed by atoms with van der Waals surface area (Å²) in [6, 6.07) is 1.41. The number of phenolic OH excluding ortho intramolecular Hbond substituents is 1. The van der Waals surface area contributed by atoms with Gasteiger partial charge in [0.25, 0.3) is 5.91 Å². The molecule has 1 amide bonds. The molecule has 2 aliphatic rings. The lowest BCUT2D eigenvalue weighted by Gasteiger charge is -2.30. The number of carbonyl (C=O) groups excluding carboxylic acids is 1. The van der Waals surface area contributed by atoms with Crippen LogP contribution in [0.15, 0.2) is 6.07 Å². The first kappa shape index (κ1) is 23.5. The number of nitrogens with one attached hydrogen (secondary N) is 1. The van der Waals surface area contributed by atoms with Gasteiger partial charge in [-0.15, -0.1) is 0 Å². The zero-order valence-corrected chi connectivity index (χ0v) is 20.4. The summed E-state index contributed by atoms with van der Waals surface area (Å²) in [5, 5.41) is 15.1. The standard InChI is InChI=1S/C22H30FN5O4S/c1-13-16(14(2)28(24-13)22(3,4)5)7-9-26-8-6-15-10-18(29)21(20(23)17(15)11-26)27-12-19(30)25-33(27,31)32/h10,29H,6-9,11-12H2,1-5H3,(H,25,30). The van der Waals surface area contributed by atoms with E-state index in [9.17, 15) is 18.3 Å². The highest BCUT2D eigenvalue weighted by molar-refractivity contribution is 7.92. The van der Waals surface area contributed by atoms with Crippen LogP contribution < -0.4 is 9.03 Å². The molecule has 0 bridgehead atoms. The second-order valence-corrected chi connectivity index (χ2v) is 11.3. The quantitative estimate of drug-likeness (QED) is 0.693. The minimum absolute atomic E-state index is 0.120. The van der Waals surface area contributed by atoms with Gasteiger partial charge >= 0.3 is 10.2 Å². The van der Waals surface area contributed by atoms with Crippen LogP contribution in [0.5, 0.6) is 5.75 Å². The van der Waals surface area contributed by atoms with E-state index in [1.807, 2.05) is 16.3 Å². The van der Waals surface area contributed by atoms with E-state index < -0.39 is 39.9 Å². The molecule has 0 saturated carbocycles. The van der Waals surface area contributed by atoms with Crippen LogP contribution in [0.25, 0.3) is 0 Å². The zero-order valence-electron chi connectivity index (χ0n) is 19.6. The van der Waals surface area contributed by atoms with Crippen molar-refractivity contribution in [2.45, 2.75) is 59.5 Å². The summed E-state index contributed by atoms with van der Waals surface area (Å²) >= 11 is 0. The third-order valence-corrected chi connectivity index (χ3v) is 7.69. The Morgan fingerprint density at radius 3 is 2.52 bits per heavy atom. The number of anilines is 1. The number of benzene rings is 1. The average molecular weight is 480 g/mol. The number of hydrogen-bond donors (Lipinski definition) is 2. The van der Waals surface area contributed by atoms with Crippen molar-refractivity contribution in [2.24, 2.45) is 0 Å². The number of halogens is 1. The highest BCUT2D eigenvalue weighted by Gasteiger charge is 2.39.